The van der Waals surface area contributed by atoms with Crippen LogP contribution in [0.25, 0.3) is 11.0 Å². The second-order valence-corrected chi connectivity index (χ2v) is 3.26. The van der Waals surface area contributed by atoms with Gasteiger partial charge in [-0.25, -0.2) is 4.98 Å². The summed E-state index contributed by atoms with van der Waals surface area (Å²) in [6.45, 7) is 2.15. The Hall–Kier alpha value is -1.65. The van der Waals surface area contributed by atoms with E-state index < -0.39 is 0 Å². The van der Waals surface area contributed by atoms with E-state index in [-0.39, 0.29) is 0 Å². The molecule has 2 aromatic heterocycles. The van der Waals surface area contributed by atoms with Crippen LogP contribution in [0.5, 0.6) is 0 Å². The Morgan fingerprint density at radius 2 is 2.29 bits per heavy atom. The van der Waals surface area contributed by atoms with Gasteiger partial charge in [0.25, 0.3) is 0 Å². The van der Waals surface area contributed by atoms with Crippen LogP contribution in [0.1, 0.15) is 25.5 Å². The van der Waals surface area contributed by atoms with Crippen molar-refractivity contribution in [3.8, 4) is 0 Å². The van der Waals surface area contributed by atoms with Crippen molar-refractivity contribution in [1.82, 2.24) is 20.2 Å². The first kappa shape index (κ1) is 8.93. The Morgan fingerprint density at radius 3 is 3.07 bits per heavy atom. The van der Waals surface area contributed by atoms with Gasteiger partial charge >= 0.3 is 0 Å². The molecule has 0 bridgehead atoms. The molecule has 0 aliphatic carbocycles. The molecule has 3 N–H and O–H groups in total. The average Bonchev–Trinajstić information content (AvgIpc) is 2.61. The van der Waals surface area contributed by atoms with E-state index in [1.165, 1.54) is 0 Å². The molecule has 5 heteroatoms. The Morgan fingerprint density at radius 1 is 1.43 bits per heavy atom. The van der Waals surface area contributed by atoms with Crippen molar-refractivity contribution in [3.05, 3.63) is 11.9 Å². The fourth-order valence-electron chi connectivity index (χ4n) is 1.45. The lowest BCUT2D eigenvalue weighted by atomic mass is 10.1. The molecular weight excluding hydrogens is 178 g/mol. The van der Waals surface area contributed by atoms with Gasteiger partial charge in [0.1, 0.15) is 0 Å². The van der Waals surface area contributed by atoms with Crippen molar-refractivity contribution < 1.29 is 0 Å². The van der Waals surface area contributed by atoms with Gasteiger partial charge in [0.05, 0.1) is 17.3 Å². The number of hydrogen-bond acceptors (Lipinski definition) is 4. The van der Waals surface area contributed by atoms with E-state index in [0.717, 1.165) is 36.0 Å². The van der Waals surface area contributed by atoms with E-state index in [4.69, 9.17) is 5.73 Å². The molecular formula is C9H13N5. The molecule has 0 saturated carbocycles. The number of nitrogens with one attached hydrogen (secondary N) is 1. The third-order valence-electron chi connectivity index (χ3n) is 2.17. The van der Waals surface area contributed by atoms with Gasteiger partial charge in [-0.1, -0.05) is 13.3 Å². The normalized spacial score (nSPS) is 10.9. The monoisotopic (exact) mass is 191 g/mol. The van der Waals surface area contributed by atoms with Gasteiger partial charge in [0, 0.05) is 0 Å². The minimum atomic E-state index is 0.313. The van der Waals surface area contributed by atoms with Crippen LogP contribution in [0, 0.1) is 0 Å². The van der Waals surface area contributed by atoms with Gasteiger partial charge in [-0.2, -0.15) is 10.1 Å². The first-order chi connectivity index (χ1) is 6.81. The summed E-state index contributed by atoms with van der Waals surface area (Å²) in [6.07, 6.45) is 4.93. The van der Waals surface area contributed by atoms with Crippen molar-refractivity contribution in [2.24, 2.45) is 0 Å². The number of hydrogen-bond donors (Lipinski definition) is 2. The number of nitrogen functional groups attached to an aromatic ring is 1. The van der Waals surface area contributed by atoms with Gasteiger partial charge in [-0.05, 0) is 12.8 Å². The number of H-pyrrole nitrogens is 1. The lowest BCUT2D eigenvalue weighted by Crippen LogP contribution is -2.00. The molecule has 0 unspecified atom stereocenters. The molecule has 0 fully saturated rings. The molecule has 0 aliphatic heterocycles. The quantitative estimate of drug-likeness (QED) is 0.765. The van der Waals surface area contributed by atoms with Crippen molar-refractivity contribution >= 4 is 17.0 Å². The van der Waals surface area contributed by atoms with Crippen molar-refractivity contribution in [2.45, 2.75) is 26.2 Å². The van der Waals surface area contributed by atoms with Crippen LogP contribution in [-0.4, -0.2) is 20.2 Å². The Bertz CT molecular complexity index is 434. The van der Waals surface area contributed by atoms with Crippen LogP contribution in [-0.2, 0) is 6.42 Å². The smallest absolute Gasteiger partial charge is 0.222 e. The number of unbranched alkanes of at least 4 members (excludes halogenated alkanes) is 1. The number of rotatable bonds is 3. The second kappa shape index (κ2) is 3.61. The summed E-state index contributed by atoms with van der Waals surface area (Å²) in [7, 11) is 0. The molecule has 74 valence electrons. The highest BCUT2D eigenvalue weighted by atomic mass is 15.2. The molecule has 5 nitrogen and oxygen atoms in total. The molecule has 0 saturated heterocycles. The number of anilines is 1. The summed E-state index contributed by atoms with van der Waals surface area (Å²) in [5, 5.41) is 7.70. The van der Waals surface area contributed by atoms with Crippen molar-refractivity contribution in [1.29, 1.82) is 0 Å². The predicted octanol–water partition coefficient (Wildman–Crippen LogP) is 1.28. The first-order valence-corrected chi connectivity index (χ1v) is 4.76. The lowest BCUT2D eigenvalue weighted by molar-refractivity contribution is 0.781. The number of fused-ring (bicyclic) bond motifs is 1. The molecule has 14 heavy (non-hydrogen) atoms. The van der Waals surface area contributed by atoms with Crippen LogP contribution >= 0.6 is 0 Å². The predicted molar refractivity (Wildman–Crippen MR) is 54.7 cm³/mol. The maximum absolute atomic E-state index is 5.59. The van der Waals surface area contributed by atoms with Crippen LogP contribution in [0.2, 0.25) is 0 Å². The van der Waals surface area contributed by atoms with Crippen molar-refractivity contribution in [2.75, 3.05) is 5.73 Å². The fourth-order valence-corrected chi connectivity index (χ4v) is 1.45. The van der Waals surface area contributed by atoms with Gasteiger partial charge < -0.3 is 5.73 Å². The molecule has 0 spiro atoms. The number of nitrogens with zero attached hydrogens (tertiary/aromatic N) is 3. The Labute approximate surface area is 81.7 Å². The maximum atomic E-state index is 5.59. The third-order valence-corrected chi connectivity index (χ3v) is 2.17. The zero-order chi connectivity index (χ0) is 9.97. The lowest BCUT2D eigenvalue weighted by Gasteiger charge is -2.01. The molecule has 2 rings (SSSR count). The standard InChI is InChI=1S/C9H13N5/c1-2-3-4-7-6-5-11-14-8(6)13-9(10)12-7/h5H,2-4H2,1H3,(H3,10,11,12,13,14). The van der Waals surface area contributed by atoms with Gasteiger partial charge in [-0.15, -0.1) is 0 Å². The summed E-state index contributed by atoms with van der Waals surface area (Å²) in [6, 6.07) is 0. The molecule has 0 amide bonds. The maximum Gasteiger partial charge on any atom is 0.222 e. The summed E-state index contributed by atoms with van der Waals surface area (Å²) < 4.78 is 0. The topological polar surface area (TPSA) is 80.5 Å². The highest BCUT2D eigenvalue weighted by Gasteiger charge is 2.06. The number of aromatic nitrogens is 4. The number of nitrogens with two attached hydrogens (primary N) is 1. The summed E-state index contributed by atoms with van der Waals surface area (Å²) in [5.74, 6) is 0.313. The highest BCUT2D eigenvalue weighted by molar-refractivity contribution is 5.77. The van der Waals surface area contributed by atoms with E-state index in [1.54, 1.807) is 6.20 Å². The van der Waals surface area contributed by atoms with Crippen molar-refractivity contribution in [3.63, 3.8) is 0 Å². The van der Waals surface area contributed by atoms with Gasteiger partial charge in [-0.3, -0.25) is 5.10 Å². The second-order valence-electron chi connectivity index (χ2n) is 3.26. The SMILES string of the molecule is CCCCc1nc(N)nc2[nH]ncc12. The van der Waals surface area contributed by atoms with E-state index in [2.05, 4.69) is 27.1 Å². The fraction of sp³-hybridized carbons (Fsp3) is 0.444. The molecule has 0 radical (unpaired) electrons. The van der Waals surface area contributed by atoms with E-state index in [1.807, 2.05) is 0 Å². The van der Waals surface area contributed by atoms with E-state index in [0.29, 0.717) is 5.95 Å². The largest absolute Gasteiger partial charge is 0.368 e. The first-order valence-electron chi connectivity index (χ1n) is 4.76. The van der Waals surface area contributed by atoms with Crippen LogP contribution in [0.4, 0.5) is 5.95 Å². The van der Waals surface area contributed by atoms with E-state index in [9.17, 15) is 0 Å². The van der Waals surface area contributed by atoms with Gasteiger partial charge in [0.15, 0.2) is 5.65 Å². The summed E-state index contributed by atoms with van der Waals surface area (Å²) in [4.78, 5) is 8.27. The molecule has 2 heterocycles. The summed E-state index contributed by atoms with van der Waals surface area (Å²) >= 11 is 0. The molecule has 0 aromatic carbocycles. The average molecular weight is 191 g/mol. The molecule has 0 aliphatic rings. The third kappa shape index (κ3) is 1.53. The Kier molecular flexibility index (Phi) is 2.30. The van der Waals surface area contributed by atoms with Crippen LogP contribution in [0.3, 0.4) is 0 Å². The number of aromatic amines is 1. The highest BCUT2D eigenvalue weighted by Crippen LogP contribution is 2.15. The molecule has 0 atom stereocenters. The van der Waals surface area contributed by atoms with Gasteiger partial charge in [0.2, 0.25) is 5.95 Å². The molecule has 2 aromatic rings. The zero-order valence-electron chi connectivity index (χ0n) is 8.12. The minimum absolute atomic E-state index is 0.313. The van der Waals surface area contributed by atoms with E-state index >= 15 is 0 Å². The summed E-state index contributed by atoms with van der Waals surface area (Å²) in [5.41, 5.74) is 7.30. The Balaban J connectivity index is 2.44. The van der Waals surface area contributed by atoms with Crippen LogP contribution < -0.4 is 5.73 Å². The number of aryl methyl sites for hydroxylation is 1. The zero-order valence-corrected chi connectivity index (χ0v) is 8.12. The van der Waals surface area contributed by atoms with Crippen LogP contribution in [0.15, 0.2) is 6.20 Å². The minimum Gasteiger partial charge on any atom is -0.368 e.